The highest BCUT2D eigenvalue weighted by molar-refractivity contribution is 5.92. The predicted molar refractivity (Wildman–Crippen MR) is 63.4 cm³/mol. The SMILES string of the molecule is O=C(O)Cn1cc(C(=O)N2CCCC(CO)C2)nn1. The van der Waals surface area contributed by atoms with Crippen LogP contribution >= 0.6 is 0 Å². The molecule has 8 nitrogen and oxygen atoms in total. The number of carbonyl (C=O) groups excluding carboxylic acids is 1. The highest BCUT2D eigenvalue weighted by Crippen LogP contribution is 2.17. The van der Waals surface area contributed by atoms with Crippen LogP contribution in [0.4, 0.5) is 0 Å². The highest BCUT2D eigenvalue weighted by atomic mass is 16.4. The van der Waals surface area contributed by atoms with E-state index in [0.717, 1.165) is 17.5 Å². The molecule has 104 valence electrons. The lowest BCUT2D eigenvalue weighted by molar-refractivity contribution is -0.137. The molecule has 0 spiro atoms. The Kier molecular flexibility index (Phi) is 4.10. The molecule has 1 aromatic rings. The number of amides is 1. The van der Waals surface area contributed by atoms with E-state index < -0.39 is 5.97 Å². The summed E-state index contributed by atoms with van der Waals surface area (Å²) in [6, 6.07) is 0. The summed E-state index contributed by atoms with van der Waals surface area (Å²) >= 11 is 0. The van der Waals surface area contributed by atoms with E-state index in [2.05, 4.69) is 10.3 Å². The van der Waals surface area contributed by atoms with Crippen LogP contribution in [0.3, 0.4) is 0 Å². The van der Waals surface area contributed by atoms with Crippen LogP contribution in [-0.4, -0.2) is 61.7 Å². The fourth-order valence-corrected chi connectivity index (χ4v) is 2.17. The van der Waals surface area contributed by atoms with Gasteiger partial charge in [0.1, 0.15) is 6.54 Å². The van der Waals surface area contributed by atoms with Gasteiger partial charge in [0, 0.05) is 19.7 Å². The van der Waals surface area contributed by atoms with E-state index in [-0.39, 0.29) is 30.7 Å². The zero-order chi connectivity index (χ0) is 13.8. The van der Waals surface area contributed by atoms with Gasteiger partial charge in [-0.05, 0) is 18.8 Å². The zero-order valence-corrected chi connectivity index (χ0v) is 10.4. The summed E-state index contributed by atoms with van der Waals surface area (Å²) in [6.45, 7) is 0.872. The third-order valence-corrected chi connectivity index (χ3v) is 3.12. The second-order valence-electron chi connectivity index (χ2n) is 4.64. The van der Waals surface area contributed by atoms with Gasteiger partial charge in [-0.1, -0.05) is 5.21 Å². The summed E-state index contributed by atoms with van der Waals surface area (Å²) in [6.07, 6.45) is 3.09. The fourth-order valence-electron chi connectivity index (χ4n) is 2.17. The number of aromatic nitrogens is 3. The minimum absolute atomic E-state index is 0.0650. The van der Waals surface area contributed by atoms with E-state index in [1.54, 1.807) is 4.90 Å². The molecule has 1 amide bonds. The number of hydrogen-bond acceptors (Lipinski definition) is 5. The van der Waals surface area contributed by atoms with E-state index in [4.69, 9.17) is 10.2 Å². The van der Waals surface area contributed by atoms with Gasteiger partial charge in [-0.2, -0.15) is 0 Å². The number of nitrogens with zero attached hydrogens (tertiary/aromatic N) is 4. The van der Waals surface area contributed by atoms with Crippen LogP contribution in [0.2, 0.25) is 0 Å². The number of carboxylic acids is 1. The maximum atomic E-state index is 12.1. The lowest BCUT2D eigenvalue weighted by atomic mass is 9.99. The second kappa shape index (κ2) is 5.79. The molecular weight excluding hydrogens is 252 g/mol. The molecule has 19 heavy (non-hydrogen) atoms. The van der Waals surface area contributed by atoms with Gasteiger partial charge in [0.05, 0.1) is 6.20 Å². The number of aliphatic hydroxyl groups excluding tert-OH is 1. The van der Waals surface area contributed by atoms with E-state index in [9.17, 15) is 9.59 Å². The summed E-state index contributed by atoms with van der Waals surface area (Å²) in [5.41, 5.74) is 0.139. The number of hydrogen-bond donors (Lipinski definition) is 2. The van der Waals surface area contributed by atoms with Crippen LogP contribution in [0, 0.1) is 5.92 Å². The van der Waals surface area contributed by atoms with Crippen molar-refractivity contribution in [2.75, 3.05) is 19.7 Å². The first-order valence-electron chi connectivity index (χ1n) is 6.12. The number of likely N-dealkylation sites (tertiary alicyclic amines) is 1. The Morgan fingerprint density at radius 3 is 2.95 bits per heavy atom. The van der Waals surface area contributed by atoms with Gasteiger partial charge in [0.25, 0.3) is 5.91 Å². The lowest BCUT2D eigenvalue weighted by Crippen LogP contribution is -2.41. The normalized spacial score (nSPS) is 19.4. The smallest absolute Gasteiger partial charge is 0.325 e. The Balaban J connectivity index is 2.02. The highest BCUT2D eigenvalue weighted by Gasteiger charge is 2.25. The number of carboxylic acid groups (broad SMARTS) is 1. The van der Waals surface area contributed by atoms with Gasteiger partial charge >= 0.3 is 5.97 Å². The van der Waals surface area contributed by atoms with Crippen LogP contribution in [0.25, 0.3) is 0 Å². The first-order valence-corrected chi connectivity index (χ1v) is 6.12. The summed E-state index contributed by atoms with van der Waals surface area (Å²) in [5.74, 6) is -1.20. The van der Waals surface area contributed by atoms with Crippen molar-refractivity contribution < 1.29 is 19.8 Å². The van der Waals surface area contributed by atoms with Gasteiger partial charge < -0.3 is 15.1 Å². The molecule has 1 unspecified atom stereocenters. The predicted octanol–water partition coefficient (Wildman–Crippen LogP) is -0.793. The van der Waals surface area contributed by atoms with Gasteiger partial charge in [-0.3, -0.25) is 9.59 Å². The number of rotatable bonds is 4. The van der Waals surface area contributed by atoms with E-state index >= 15 is 0 Å². The molecule has 1 aliphatic heterocycles. The Hall–Kier alpha value is -1.96. The molecule has 2 heterocycles. The van der Waals surface area contributed by atoms with Gasteiger partial charge in [0.2, 0.25) is 0 Å². The first kappa shape index (κ1) is 13.5. The summed E-state index contributed by atoms with van der Waals surface area (Å²) < 4.78 is 1.11. The topological polar surface area (TPSA) is 109 Å². The standard InChI is InChI=1S/C11H16N4O4/c16-7-8-2-1-3-14(4-8)11(19)9-5-15(13-12-9)6-10(17)18/h5,8,16H,1-4,6-7H2,(H,17,18). The van der Waals surface area contributed by atoms with Crippen molar-refractivity contribution >= 4 is 11.9 Å². The minimum Gasteiger partial charge on any atom is -0.480 e. The Bertz CT molecular complexity index is 473. The molecule has 0 saturated carbocycles. The summed E-state index contributed by atoms with van der Waals surface area (Å²) in [4.78, 5) is 24.3. The maximum absolute atomic E-state index is 12.1. The molecule has 1 fully saturated rings. The van der Waals surface area contributed by atoms with Crippen LogP contribution in [0.15, 0.2) is 6.20 Å². The van der Waals surface area contributed by atoms with Crippen molar-refractivity contribution in [1.82, 2.24) is 19.9 Å². The van der Waals surface area contributed by atoms with Crippen LogP contribution in [-0.2, 0) is 11.3 Å². The number of aliphatic carboxylic acids is 1. The van der Waals surface area contributed by atoms with Crippen molar-refractivity contribution in [3.8, 4) is 0 Å². The zero-order valence-electron chi connectivity index (χ0n) is 10.4. The largest absolute Gasteiger partial charge is 0.480 e. The molecule has 0 bridgehead atoms. The molecule has 0 aromatic carbocycles. The Labute approximate surface area is 109 Å². The Morgan fingerprint density at radius 2 is 2.26 bits per heavy atom. The summed E-state index contributed by atoms with van der Waals surface area (Å²) in [7, 11) is 0. The van der Waals surface area contributed by atoms with Gasteiger partial charge in [-0.25, -0.2) is 4.68 Å². The van der Waals surface area contributed by atoms with Gasteiger partial charge in [0.15, 0.2) is 5.69 Å². The van der Waals surface area contributed by atoms with E-state index in [1.165, 1.54) is 6.20 Å². The molecule has 1 saturated heterocycles. The average Bonchev–Trinajstić information content (AvgIpc) is 2.85. The molecule has 0 radical (unpaired) electrons. The quantitative estimate of drug-likeness (QED) is 0.740. The van der Waals surface area contributed by atoms with E-state index in [0.29, 0.717) is 13.1 Å². The number of piperidine rings is 1. The molecule has 1 aromatic heterocycles. The second-order valence-corrected chi connectivity index (χ2v) is 4.64. The molecule has 2 N–H and O–H groups in total. The average molecular weight is 268 g/mol. The molecule has 1 atom stereocenters. The number of carbonyl (C=O) groups is 2. The van der Waals surface area contributed by atoms with Crippen LogP contribution < -0.4 is 0 Å². The molecule has 1 aliphatic rings. The lowest BCUT2D eigenvalue weighted by Gasteiger charge is -2.31. The third kappa shape index (κ3) is 3.28. The first-order chi connectivity index (χ1) is 9.10. The van der Waals surface area contributed by atoms with Crippen LogP contribution in [0.1, 0.15) is 23.3 Å². The molecule has 8 heteroatoms. The van der Waals surface area contributed by atoms with Crippen molar-refractivity contribution in [2.24, 2.45) is 5.92 Å². The Morgan fingerprint density at radius 1 is 1.47 bits per heavy atom. The van der Waals surface area contributed by atoms with Crippen molar-refractivity contribution in [1.29, 1.82) is 0 Å². The van der Waals surface area contributed by atoms with Crippen molar-refractivity contribution in [3.05, 3.63) is 11.9 Å². The van der Waals surface area contributed by atoms with Crippen molar-refractivity contribution in [2.45, 2.75) is 19.4 Å². The van der Waals surface area contributed by atoms with Gasteiger partial charge in [-0.15, -0.1) is 5.10 Å². The monoisotopic (exact) mass is 268 g/mol. The molecule has 2 rings (SSSR count). The molecular formula is C11H16N4O4. The fraction of sp³-hybridized carbons (Fsp3) is 0.636. The number of aliphatic hydroxyl groups is 1. The minimum atomic E-state index is -1.04. The summed E-state index contributed by atoms with van der Waals surface area (Å²) in [5, 5.41) is 25.0. The van der Waals surface area contributed by atoms with Crippen molar-refractivity contribution in [3.63, 3.8) is 0 Å². The molecule has 0 aliphatic carbocycles. The maximum Gasteiger partial charge on any atom is 0.325 e. The third-order valence-electron chi connectivity index (χ3n) is 3.12. The van der Waals surface area contributed by atoms with Crippen LogP contribution in [0.5, 0.6) is 0 Å². The van der Waals surface area contributed by atoms with E-state index in [1.807, 2.05) is 0 Å².